The average molecular weight is 386 g/mol. The second-order valence-electron chi connectivity index (χ2n) is 5.34. The van der Waals surface area contributed by atoms with Crippen molar-refractivity contribution >= 4 is 27.6 Å². The van der Waals surface area contributed by atoms with E-state index in [0.29, 0.717) is 5.69 Å². The van der Waals surface area contributed by atoms with Crippen molar-refractivity contribution in [2.75, 3.05) is 19.0 Å². The van der Waals surface area contributed by atoms with Gasteiger partial charge in [-0.15, -0.1) is 11.6 Å². The van der Waals surface area contributed by atoms with Crippen LogP contribution in [-0.4, -0.2) is 47.9 Å². The van der Waals surface area contributed by atoms with E-state index in [1.165, 1.54) is 10.4 Å². The first-order valence-electron chi connectivity index (χ1n) is 7.72. The minimum absolute atomic E-state index is 0.0231. The van der Waals surface area contributed by atoms with Crippen molar-refractivity contribution in [3.8, 4) is 0 Å². The Morgan fingerprint density at radius 1 is 1.32 bits per heavy atom. The summed E-state index contributed by atoms with van der Waals surface area (Å²) < 4.78 is 31.8. The molecule has 0 bridgehead atoms. The van der Waals surface area contributed by atoms with Gasteiger partial charge in [-0.05, 0) is 32.0 Å². The molecule has 7 nitrogen and oxygen atoms in total. The molecule has 0 aliphatic heterocycles. The van der Waals surface area contributed by atoms with Crippen LogP contribution in [0.1, 0.15) is 28.7 Å². The Balaban J connectivity index is 2.23. The molecule has 0 saturated heterocycles. The Bertz CT molecular complexity index is 818. The van der Waals surface area contributed by atoms with Gasteiger partial charge < -0.3 is 4.74 Å². The quantitative estimate of drug-likeness (QED) is 0.556. The minimum atomic E-state index is -3.71. The van der Waals surface area contributed by atoms with Crippen molar-refractivity contribution in [1.29, 1.82) is 0 Å². The summed E-state index contributed by atoms with van der Waals surface area (Å²) in [6, 6.07) is 8.07. The van der Waals surface area contributed by atoms with Gasteiger partial charge in [-0.25, -0.2) is 13.2 Å². The summed E-state index contributed by atoms with van der Waals surface area (Å²) >= 11 is 5.77. The van der Waals surface area contributed by atoms with Gasteiger partial charge in [0.15, 0.2) is 5.69 Å². The summed E-state index contributed by atoms with van der Waals surface area (Å²) in [5, 5.41) is 6.53. The van der Waals surface area contributed by atoms with Gasteiger partial charge in [0.05, 0.1) is 23.7 Å². The van der Waals surface area contributed by atoms with Crippen LogP contribution in [0.3, 0.4) is 0 Å². The van der Waals surface area contributed by atoms with Gasteiger partial charge in [0.2, 0.25) is 10.0 Å². The molecule has 2 rings (SSSR count). The molecule has 25 heavy (non-hydrogen) atoms. The Kier molecular flexibility index (Phi) is 6.57. The number of hydrogen-bond donors (Lipinski definition) is 1. The van der Waals surface area contributed by atoms with E-state index in [1.807, 2.05) is 6.92 Å². The molecule has 0 fully saturated rings. The number of sulfonamides is 1. The zero-order valence-electron chi connectivity index (χ0n) is 14.0. The number of ether oxygens (including phenoxy) is 1. The van der Waals surface area contributed by atoms with Crippen LogP contribution in [0.4, 0.5) is 0 Å². The number of carbonyl (C=O) groups is 1. The van der Waals surface area contributed by atoms with Gasteiger partial charge in [0.1, 0.15) is 0 Å². The monoisotopic (exact) mass is 385 g/mol. The normalized spacial score (nSPS) is 11.7. The molecule has 1 aromatic carbocycles. The molecule has 1 aromatic heterocycles. The van der Waals surface area contributed by atoms with Crippen LogP contribution in [0.15, 0.2) is 35.2 Å². The molecule has 0 aliphatic carbocycles. The van der Waals surface area contributed by atoms with Crippen LogP contribution < -0.4 is 0 Å². The number of benzene rings is 1. The van der Waals surface area contributed by atoms with E-state index in [2.05, 4.69) is 10.2 Å². The smallest absolute Gasteiger partial charge is 0.358 e. The van der Waals surface area contributed by atoms with E-state index >= 15 is 0 Å². The SMILES string of the molecule is CCOC(=O)c1cc(CN(CCCl)S(=O)(=O)c2ccc(C)cc2)[nH]n1. The van der Waals surface area contributed by atoms with Crippen molar-refractivity contribution in [2.45, 2.75) is 25.3 Å². The highest BCUT2D eigenvalue weighted by atomic mass is 35.5. The lowest BCUT2D eigenvalue weighted by atomic mass is 10.2. The van der Waals surface area contributed by atoms with E-state index in [1.54, 1.807) is 31.2 Å². The number of alkyl halides is 1. The molecule has 9 heteroatoms. The lowest BCUT2D eigenvalue weighted by molar-refractivity contribution is 0.0519. The zero-order chi connectivity index (χ0) is 18.4. The summed E-state index contributed by atoms with van der Waals surface area (Å²) in [6.45, 7) is 3.97. The largest absolute Gasteiger partial charge is 0.461 e. The van der Waals surface area contributed by atoms with E-state index in [9.17, 15) is 13.2 Å². The molecule has 1 heterocycles. The fourth-order valence-electron chi connectivity index (χ4n) is 2.18. The highest BCUT2D eigenvalue weighted by molar-refractivity contribution is 7.89. The van der Waals surface area contributed by atoms with Crippen molar-refractivity contribution in [1.82, 2.24) is 14.5 Å². The number of rotatable bonds is 8. The number of esters is 1. The number of nitrogens with one attached hydrogen (secondary N) is 1. The number of nitrogens with zero attached hydrogens (tertiary/aromatic N) is 2. The summed E-state index contributed by atoms with van der Waals surface area (Å²) in [4.78, 5) is 11.9. The number of aromatic nitrogens is 2. The van der Waals surface area contributed by atoms with Gasteiger partial charge in [0.25, 0.3) is 0 Å². The average Bonchev–Trinajstić information content (AvgIpc) is 3.04. The van der Waals surface area contributed by atoms with Crippen LogP contribution in [0.2, 0.25) is 0 Å². The Morgan fingerprint density at radius 3 is 2.60 bits per heavy atom. The summed E-state index contributed by atoms with van der Waals surface area (Å²) in [5.41, 5.74) is 1.55. The maximum absolute atomic E-state index is 12.8. The topological polar surface area (TPSA) is 92.4 Å². The maximum Gasteiger partial charge on any atom is 0.358 e. The predicted octanol–water partition coefficient (Wildman–Crippen LogP) is 2.32. The Morgan fingerprint density at radius 2 is 2.00 bits per heavy atom. The molecule has 0 atom stereocenters. The molecule has 136 valence electrons. The van der Waals surface area contributed by atoms with Gasteiger partial charge in [-0.1, -0.05) is 17.7 Å². The van der Waals surface area contributed by atoms with E-state index in [4.69, 9.17) is 16.3 Å². The second kappa shape index (κ2) is 8.46. The van der Waals surface area contributed by atoms with E-state index in [-0.39, 0.29) is 36.2 Å². The summed E-state index contributed by atoms with van der Waals surface area (Å²) in [5.74, 6) is -0.417. The first-order chi connectivity index (χ1) is 11.9. The predicted molar refractivity (Wildman–Crippen MR) is 94.0 cm³/mol. The highest BCUT2D eigenvalue weighted by Crippen LogP contribution is 2.19. The first-order valence-corrected chi connectivity index (χ1v) is 9.70. The molecule has 0 radical (unpaired) electrons. The first kappa shape index (κ1) is 19.4. The molecule has 2 aromatic rings. The Labute approximate surface area is 152 Å². The fourth-order valence-corrected chi connectivity index (χ4v) is 3.90. The molecule has 0 saturated carbocycles. The van der Waals surface area contributed by atoms with Crippen molar-refractivity contribution in [3.05, 3.63) is 47.3 Å². The van der Waals surface area contributed by atoms with Gasteiger partial charge >= 0.3 is 5.97 Å². The summed E-state index contributed by atoms with van der Waals surface area (Å²) in [6.07, 6.45) is 0. The number of aromatic amines is 1. The van der Waals surface area contributed by atoms with Crippen LogP contribution in [0, 0.1) is 6.92 Å². The third-order valence-corrected chi connectivity index (χ3v) is 5.48. The van der Waals surface area contributed by atoms with Gasteiger partial charge in [-0.2, -0.15) is 9.40 Å². The molecule has 1 N–H and O–H groups in total. The molecular formula is C16H20ClN3O4S. The highest BCUT2D eigenvalue weighted by Gasteiger charge is 2.25. The molecule has 0 amide bonds. The fraction of sp³-hybridized carbons (Fsp3) is 0.375. The second-order valence-corrected chi connectivity index (χ2v) is 7.66. The molecule has 0 spiro atoms. The zero-order valence-corrected chi connectivity index (χ0v) is 15.6. The lowest BCUT2D eigenvalue weighted by Crippen LogP contribution is -2.32. The van der Waals surface area contributed by atoms with Gasteiger partial charge in [-0.3, -0.25) is 5.10 Å². The number of H-pyrrole nitrogens is 1. The number of carbonyl (C=O) groups excluding carboxylic acids is 1. The van der Waals surface area contributed by atoms with Gasteiger partial charge in [0, 0.05) is 12.4 Å². The minimum Gasteiger partial charge on any atom is -0.461 e. The Hall–Kier alpha value is -1.90. The number of halogens is 1. The third kappa shape index (κ3) is 4.81. The van der Waals surface area contributed by atoms with Crippen LogP contribution in [-0.2, 0) is 21.3 Å². The maximum atomic E-state index is 12.8. The van der Waals surface area contributed by atoms with Crippen molar-refractivity contribution < 1.29 is 17.9 Å². The van der Waals surface area contributed by atoms with Crippen molar-refractivity contribution in [2.24, 2.45) is 0 Å². The van der Waals surface area contributed by atoms with Crippen molar-refractivity contribution in [3.63, 3.8) is 0 Å². The molecule has 0 aliphatic rings. The molecule has 0 unspecified atom stereocenters. The number of aryl methyl sites for hydroxylation is 1. The van der Waals surface area contributed by atoms with Crippen LogP contribution in [0.5, 0.6) is 0 Å². The third-order valence-electron chi connectivity index (χ3n) is 3.45. The lowest BCUT2D eigenvalue weighted by Gasteiger charge is -2.20. The summed E-state index contributed by atoms with van der Waals surface area (Å²) in [7, 11) is -3.71. The molecular weight excluding hydrogens is 366 g/mol. The number of hydrogen-bond acceptors (Lipinski definition) is 5. The van der Waals surface area contributed by atoms with E-state index < -0.39 is 16.0 Å². The standard InChI is InChI=1S/C16H20ClN3O4S/c1-3-24-16(21)15-10-13(18-19-15)11-20(9-8-17)25(22,23)14-6-4-12(2)5-7-14/h4-7,10H,3,8-9,11H2,1-2H3,(H,18,19). The van der Waals surface area contributed by atoms with E-state index in [0.717, 1.165) is 5.56 Å². The van der Waals surface area contributed by atoms with Crippen LogP contribution in [0.25, 0.3) is 0 Å². The van der Waals surface area contributed by atoms with Crippen LogP contribution >= 0.6 is 11.6 Å².